The summed E-state index contributed by atoms with van der Waals surface area (Å²) in [5.41, 5.74) is -0.322. The summed E-state index contributed by atoms with van der Waals surface area (Å²) in [5.74, 6) is -1.01. The number of fused-ring (bicyclic) bond motifs is 3. The number of carboxylic acids is 1. The van der Waals surface area contributed by atoms with E-state index < -0.39 is 46.5 Å². The second-order valence-corrected chi connectivity index (χ2v) is 8.80. The smallest absolute Gasteiger partial charge is 0.416 e. The summed E-state index contributed by atoms with van der Waals surface area (Å²) in [6, 6.07) is 8.02. The average molecular weight is 458 g/mol. The third-order valence-electron chi connectivity index (χ3n) is 5.25. The van der Waals surface area contributed by atoms with E-state index in [4.69, 9.17) is 18.8 Å². The van der Waals surface area contributed by atoms with Crippen LogP contribution in [0.3, 0.4) is 0 Å². The Labute approximate surface area is 175 Å². The first kappa shape index (κ1) is 21.4. The van der Waals surface area contributed by atoms with E-state index in [-0.39, 0.29) is 16.7 Å². The van der Waals surface area contributed by atoms with Gasteiger partial charge in [-0.05, 0) is 43.2 Å². The number of halogens is 3. The number of aliphatic carboxylic acids is 1. The summed E-state index contributed by atoms with van der Waals surface area (Å²) in [4.78, 5) is 10.4. The summed E-state index contributed by atoms with van der Waals surface area (Å²) in [6.07, 6.45) is -4.88. The summed E-state index contributed by atoms with van der Waals surface area (Å²) in [7, 11) is -4.31. The molecule has 1 aliphatic heterocycles. The lowest BCUT2D eigenvalue weighted by Crippen LogP contribution is -2.24. The van der Waals surface area contributed by atoms with Crippen LogP contribution in [0.15, 0.2) is 47.4 Å². The van der Waals surface area contributed by atoms with Crippen LogP contribution in [-0.2, 0) is 25.3 Å². The predicted octanol–water partition coefficient (Wildman–Crippen LogP) is 3.58. The van der Waals surface area contributed by atoms with Gasteiger partial charge < -0.3 is 14.6 Å². The van der Waals surface area contributed by atoms with E-state index in [0.717, 1.165) is 12.1 Å². The lowest BCUT2D eigenvalue weighted by molar-refractivity contribution is -0.139. The topological polar surface area (TPSA) is 99.1 Å². The maximum absolute atomic E-state index is 12.7. The van der Waals surface area contributed by atoms with Gasteiger partial charge in [-0.25, -0.2) is 4.79 Å². The quantitative estimate of drug-likeness (QED) is 0.661. The molecule has 1 aliphatic carbocycles. The van der Waals surface area contributed by atoms with Crippen LogP contribution in [0.25, 0.3) is 0 Å². The number of carboxylic acid groups (broad SMARTS) is 1. The van der Waals surface area contributed by atoms with Gasteiger partial charge in [0.25, 0.3) is 10.1 Å². The molecule has 2 aromatic rings. The van der Waals surface area contributed by atoms with Crippen LogP contribution in [0.5, 0.6) is 11.5 Å². The van der Waals surface area contributed by atoms with Gasteiger partial charge in [0.15, 0.2) is 18.1 Å². The van der Waals surface area contributed by atoms with E-state index in [2.05, 4.69) is 0 Å². The standard InChI is InChI=1S/C20H17F3O7S/c21-20(22,23)11-4-6-12(7-5-11)31(26,27)30-15-9-8-14-18(15)13-2-1-3-16(19(13)29-14)28-10-17(24)25/h1-7,14-15,18H,8-10H2,(H,24,25). The number of hydrogen-bond donors (Lipinski definition) is 1. The molecule has 7 nitrogen and oxygen atoms in total. The van der Waals surface area contributed by atoms with Gasteiger partial charge >= 0.3 is 12.1 Å². The molecular weight excluding hydrogens is 441 g/mol. The first-order chi connectivity index (χ1) is 14.6. The Morgan fingerprint density at radius 2 is 1.84 bits per heavy atom. The van der Waals surface area contributed by atoms with E-state index in [1.807, 2.05) is 0 Å². The zero-order chi connectivity index (χ0) is 22.4. The fourth-order valence-electron chi connectivity index (χ4n) is 3.92. The van der Waals surface area contributed by atoms with Crippen molar-refractivity contribution in [3.05, 3.63) is 53.6 Å². The number of ether oxygens (including phenoxy) is 2. The average Bonchev–Trinajstić information content (AvgIpc) is 3.26. The first-order valence-corrected chi connectivity index (χ1v) is 10.7. The fraction of sp³-hybridized carbons (Fsp3) is 0.350. The molecule has 0 bridgehead atoms. The van der Waals surface area contributed by atoms with E-state index in [1.54, 1.807) is 18.2 Å². The molecule has 1 N–H and O–H groups in total. The van der Waals surface area contributed by atoms with Crippen molar-refractivity contribution in [2.45, 2.75) is 42.0 Å². The highest BCUT2D eigenvalue weighted by atomic mass is 32.2. The molecule has 1 heterocycles. The third-order valence-corrected chi connectivity index (χ3v) is 6.60. The van der Waals surface area contributed by atoms with Gasteiger partial charge in [0, 0.05) is 5.56 Å². The molecule has 4 rings (SSSR count). The third kappa shape index (κ3) is 4.19. The van der Waals surface area contributed by atoms with Crippen LogP contribution >= 0.6 is 0 Å². The number of rotatable bonds is 6. The van der Waals surface area contributed by atoms with Crippen molar-refractivity contribution in [1.82, 2.24) is 0 Å². The van der Waals surface area contributed by atoms with E-state index in [1.165, 1.54) is 0 Å². The molecule has 0 saturated heterocycles. The van der Waals surface area contributed by atoms with Crippen molar-refractivity contribution >= 4 is 16.1 Å². The number of hydrogen-bond acceptors (Lipinski definition) is 6. The summed E-state index contributed by atoms with van der Waals surface area (Å²) >= 11 is 0. The van der Waals surface area contributed by atoms with E-state index >= 15 is 0 Å². The largest absolute Gasteiger partial charge is 0.485 e. The monoisotopic (exact) mass is 458 g/mol. The van der Waals surface area contributed by atoms with Gasteiger partial charge in [-0.3, -0.25) is 4.18 Å². The molecule has 11 heteroatoms. The Morgan fingerprint density at radius 3 is 2.48 bits per heavy atom. The molecule has 0 radical (unpaired) electrons. The second kappa shape index (κ2) is 7.72. The summed E-state index contributed by atoms with van der Waals surface area (Å²) in [5, 5.41) is 8.81. The molecule has 3 atom stereocenters. The summed E-state index contributed by atoms with van der Waals surface area (Å²) < 4.78 is 80.0. The van der Waals surface area contributed by atoms with Gasteiger partial charge in [0.05, 0.1) is 22.5 Å². The number of para-hydroxylation sites is 1. The van der Waals surface area contributed by atoms with Crippen molar-refractivity contribution in [2.24, 2.45) is 0 Å². The maximum Gasteiger partial charge on any atom is 0.416 e. The van der Waals surface area contributed by atoms with Crippen LogP contribution in [0.4, 0.5) is 13.2 Å². The van der Waals surface area contributed by atoms with Gasteiger partial charge in [-0.15, -0.1) is 0 Å². The molecule has 31 heavy (non-hydrogen) atoms. The van der Waals surface area contributed by atoms with Crippen LogP contribution < -0.4 is 9.47 Å². The predicted molar refractivity (Wildman–Crippen MR) is 99.5 cm³/mol. The fourth-order valence-corrected chi connectivity index (χ4v) is 5.04. The van der Waals surface area contributed by atoms with Crippen molar-refractivity contribution in [3.63, 3.8) is 0 Å². The van der Waals surface area contributed by atoms with Crippen LogP contribution in [0.1, 0.15) is 29.9 Å². The number of benzene rings is 2. The van der Waals surface area contributed by atoms with Crippen LogP contribution in [-0.4, -0.2) is 38.3 Å². The van der Waals surface area contributed by atoms with Crippen molar-refractivity contribution < 1.29 is 45.1 Å². The zero-order valence-corrected chi connectivity index (χ0v) is 16.7. The normalized spacial score (nSPS) is 22.5. The first-order valence-electron chi connectivity index (χ1n) is 9.31. The molecule has 0 aromatic heterocycles. The highest BCUT2D eigenvalue weighted by Crippen LogP contribution is 2.52. The van der Waals surface area contributed by atoms with Crippen molar-refractivity contribution in [2.75, 3.05) is 6.61 Å². The van der Waals surface area contributed by atoms with Gasteiger partial charge in [-0.2, -0.15) is 21.6 Å². The van der Waals surface area contributed by atoms with Gasteiger partial charge in [0.2, 0.25) is 0 Å². The molecule has 0 amide bonds. The highest BCUT2D eigenvalue weighted by Gasteiger charge is 2.48. The van der Waals surface area contributed by atoms with Crippen molar-refractivity contribution in [3.8, 4) is 11.5 Å². The highest BCUT2D eigenvalue weighted by molar-refractivity contribution is 7.86. The SMILES string of the molecule is O=C(O)COc1cccc2c1OC1CCC(OS(=O)(=O)c3ccc(C(F)(F)F)cc3)C21. The molecule has 3 unspecified atom stereocenters. The van der Waals surface area contributed by atoms with Gasteiger partial charge in [0.1, 0.15) is 6.10 Å². The van der Waals surface area contributed by atoms with E-state index in [9.17, 15) is 26.4 Å². The molecule has 166 valence electrons. The molecule has 0 spiro atoms. The van der Waals surface area contributed by atoms with Gasteiger partial charge in [-0.1, -0.05) is 12.1 Å². The molecule has 1 saturated carbocycles. The molecular formula is C20H17F3O7S. The molecule has 1 fully saturated rings. The zero-order valence-electron chi connectivity index (χ0n) is 15.8. The van der Waals surface area contributed by atoms with Crippen molar-refractivity contribution in [1.29, 1.82) is 0 Å². The van der Waals surface area contributed by atoms with E-state index in [0.29, 0.717) is 36.3 Å². The Balaban J connectivity index is 1.55. The maximum atomic E-state index is 12.7. The van der Waals surface area contributed by atoms with Crippen LogP contribution in [0.2, 0.25) is 0 Å². The minimum atomic E-state index is -4.58. The Bertz CT molecular complexity index is 1100. The Kier molecular flexibility index (Phi) is 5.34. The number of alkyl halides is 3. The lowest BCUT2D eigenvalue weighted by atomic mass is 9.95. The van der Waals surface area contributed by atoms with Crippen LogP contribution in [0, 0.1) is 0 Å². The minimum absolute atomic E-state index is 0.235. The lowest BCUT2D eigenvalue weighted by Gasteiger charge is -2.18. The minimum Gasteiger partial charge on any atom is -0.485 e. The Hall–Kier alpha value is -2.79. The summed E-state index contributed by atoms with van der Waals surface area (Å²) in [6.45, 7) is -0.558. The Morgan fingerprint density at radius 1 is 1.13 bits per heavy atom. The molecule has 2 aliphatic rings. The second-order valence-electron chi connectivity index (χ2n) is 7.23. The molecule has 2 aromatic carbocycles. The number of carbonyl (C=O) groups is 1.